The van der Waals surface area contributed by atoms with Crippen LogP contribution >= 0.6 is 34.8 Å². The van der Waals surface area contributed by atoms with Gasteiger partial charge in [0.2, 0.25) is 5.95 Å². The summed E-state index contributed by atoms with van der Waals surface area (Å²) in [5, 5.41) is 0.881. The summed E-state index contributed by atoms with van der Waals surface area (Å²) >= 11 is 17.8. The van der Waals surface area contributed by atoms with Crippen LogP contribution in [0.25, 0.3) is 11.1 Å². The SMILES string of the molecule is Fc1ncccc1-c1c(Cl)ccc(Cl)c1Cl. The van der Waals surface area contributed by atoms with E-state index in [2.05, 4.69) is 4.98 Å². The quantitative estimate of drug-likeness (QED) is 0.536. The van der Waals surface area contributed by atoms with E-state index in [0.29, 0.717) is 15.6 Å². The molecule has 0 N–H and O–H groups in total. The summed E-state index contributed by atoms with van der Waals surface area (Å²) in [4.78, 5) is 3.54. The highest BCUT2D eigenvalue weighted by Crippen LogP contribution is 2.39. The molecule has 2 aromatic rings. The van der Waals surface area contributed by atoms with Gasteiger partial charge >= 0.3 is 0 Å². The Balaban J connectivity index is 2.74. The lowest BCUT2D eigenvalue weighted by Gasteiger charge is -2.08. The molecule has 0 saturated carbocycles. The molecule has 82 valence electrons. The molecule has 1 aromatic heterocycles. The van der Waals surface area contributed by atoms with Crippen LogP contribution in [0.5, 0.6) is 0 Å². The van der Waals surface area contributed by atoms with E-state index >= 15 is 0 Å². The van der Waals surface area contributed by atoms with Crippen LogP contribution in [0, 0.1) is 5.95 Å². The summed E-state index contributed by atoms with van der Waals surface area (Å²) in [6.45, 7) is 0. The molecule has 0 fully saturated rings. The number of hydrogen-bond donors (Lipinski definition) is 0. The maximum Gasteiger partial charge on any atom is 0.220 e. The molecule has 0 amide bonds. The average molecular weight is 277 g/mol. The molecule has 0 unspecified atom stereocenters. The first kappa shape index (κ1) is 11.6. The van der Waals surface area contributed by atoms with Crippen LogP contribution in [0.2, 0.25) is 15.1 Å². The summed E-state index contributed by atoms with van der Waals surface area (Å²) in [6.07, 6.45) is 1.35. The van der Waals surface area contributed by atoms with Gasteiger partial charge in [-0.05, 0) is 24.3 Å². The third-order valence-corrected chi connectivity index (χ3v) is 3.19. The molecule has 0 saturated heterocycles. The lowest BCUT2D eigenvalue weighted by Crippen LogP contribution is -1.90. The Bertz CT molecular complexity index is 543. The Labute approximate surface area is 107 Å². The van der Waals surface area contributed by atoms with Gasteiger partial charge in [-0.3, -0.25) is 0 Å². The number of rotatable bonds is 1. The molecule has 16 heavy (non-hydrogen) atoms. The molecule has 5 heteroatoms. The fraction of sp³-hybridized carbons (Fsp3) is 0. The third kappa shape index (κ3) is 2.01. The summed E-state index contributed by atoms with van der Waals surface area (Å²) in [6, 6.07) is 6.28. The Morgan fingerprint density at radius 3 is 2.38 bits per heavy atom. The van der Waals surface area contributed by atoms with Gasteiger partial charge in [-0.2, -0.15) is 4.39 Å². The molecule has 0 bridgehead atoms. The number of nitrogens with zero attached hydrogens (tertiary/aromatic N) is 1. The van der Waals surface area contributed by atoms with E-state index in [1.807, 2.05) is 0 Å². The first-order valence-corrected chi connectivity index (χ1v) is 5.49. The standard InChI is InChI=1S/C11H5Cl3FN/c12-7-3-4-8(13)10(14)9(7)6-2-1-5-16-11(6)15/h1-5H. The average Bonchev–Trinajstić information content (AvgIpc) is 2.27. The molecular weight excluding hydrogens is 271 g/mol. The highest BCUT2D eigenvalue weighted by Gasteiger charge is 2.15. The second kappa shape index (κ2) is 4.58. The van der Waals surface area contributed by atoms with Crippen molar-refractivity contribution in [3.63, 3.8) is 0 Å². The van der Waals surface area contributed by atoms with Crippen molar-refractivity contribution in [1.82, 2.24) is 4.98 Å². The van der Waals surface area contributed by atoms with Crippen molar-refractivity contribution in [3.05, 3.63) is 51.5 Å². The second-order valence-electron chi connectivity index (χ2n) is 3.06. The molecule has 0 aliphatic heterocycles. The van der Waals surface area contributed by atoms with Crippen molar-refractivity contribution in [2.75, 3.05) is 0 Å². The summed E-state index contributed by atoms with van der Waals surface area (Å²) in [7, 11) is 0. The minimum Gasteiger partial charge on any atom is -0.228 e. The van der Waals surface area contributed by atoms with Crippen LogP contribution in [0.15, 0.2) is 30.5 Å². The highest BCUT2D eigenvalue weighted by molar-refractivity contribution is 6.46. The van der Waals surface area contributed by atoms with E-state index in [0.717, 1.165) is 0 Å². The first-order chi connectivity index (χ1) is 7.61. The molecular formula is C11H5Cl3FN. The topological polar surface area (TPSA) is 12.9 Å². The lowest BCUT2D eigenvalue weighted by atomic mass is 10.1. The largest absolute Gasteiger partial charge is 0.228 e. The van der Waals surface area contributed by atoms with E-state index in [-0.39, 0.29) is 10.6 Å². The zero-order chi connectivity index (χ0) is 11.7. The van der Waals surface area contributed by atoms with Crippen LogP contribution in [-0.2, 0) is 0 Å². The van der Waals surface area contributed by atoms with Crippen LogP contribution in [0.4, 0.5) is 4.39 Å². The monoisotopic (exact) mass is 275 g/mol. The number of benzene rings is 1. The van der Waals surface area contributed by atoms with Gasteiger partial charge in [-0.1, -0.05) is 34.8 Å². The Morgan fingerprint density at radius 1 is 1.00 bits per heavy atom. The molecule has 0 aliphatic carbocycles. The van der Waals surface area contributed by atoms with Crippen LogP contribution < -0.4 is 0 Å². The van der Waals surface area contributed by atoms with Gasteiger partial charge in [0.15, 0.2) is 0 Å². The van der Waals surface area contributed by atoms with E-state index in [4.69, 9.17) is 34.8 Å². The normalized spacial score (nSPS) is 10.5. The van der Waals surface area contributed by atoms with E-state index in [1.165, 1.54) is 6.20 Å². The summed E-state index contributed by atoms with van der Waals surface area (Å²) in [5.41, 5.74) is 0.599. The second-order valence-corrected chi connectivity index (χ2v) is 4.25. The predicted molar refractivity (Wildman–Crippen MR) is 64.7 cm³/mol. The van der Waals surface area contributed by atoms with Gasteiger partial charge in [0.05, 0.1) is 15.1 Å². The number of halogens is 4. The zero-order valence-corrected chi connectivity index (χ0v) is 10.1. The smallest absolute Gasteiger partial charge is 0.220 e. The number of aromatic nitrogens is 1. The zero-order valence-electron chi connectivity index (χ0n) is 7.85. The molecule has 2 rings (SSSR count). The minimum absolute atomic E-state index is 0.223. The van der Waals surface area contributed by atoms with E-state index in [9.17, 15) is 4.39 Å². The van der Waals surface area contributed by atoms with Crippen LogP contribution in [0.3, 0.4) is 0 Å². The van der Waals surface area contributed by atoms with Crippen molar-refractivity contribution in [2.45, 2.75) is 0 Å². The van der Waals surface area contributed by atoms with E-state index < -0.39 is 5.95 Å². The summed E-state index contributed by atoms with van der Waals surface area (Å²) in [5.74, 6) is -0.631. The maximum absolute atomic E-state index is 13.5. The van der Waals surface area contributed by atoms with Gasteiger partial charge in [-0.25, -0.2) is 4.98 Å². The molecule has 1 heterocycles. The lowest BCUT2D eigenvalue weighted by molar-refractivity contribution is 0.587. The van der Waals surface area contributed by atoms with Crippen molar-refractivity contribution in [1.29, 1.82) is 0 Å². The predicted octanol–water partition coefficient (Wildman–Crippen LogP) is 4.85. The van der Waals surface area contributed by atoms with Gasteiger partial charge in [0.25, 0.3) is 0 Å². The van der Waals surface area contributed by atoms with Crippen molar-refractivity contribution < 1.29 is 4.39 Å². The molecule has 0 radical (unpaired) electrons. The van der Waals surface area contributed by atoms with E-state index in [1.54, 1.807) is 24.3 Å². The fourth-order valence-corrected chi connectivity index (χ4v) is 2.08. The van der Waals surface area contributed by atoms with Crippen molar-refractivity contribution >= 4 is 34.8 Å². The van der Waals surface area contributed by atoms with Gasteiger partial charge < -0.3 is 0 Å². The molecule has 0 atom stereocenters. The number of pyridine rings is 1. The highest BCUT2D eigenvalue weighted by atomic mass is 35.5. The van der Waals surface area contributed by atoms with Crippen LogP contribution in [0.1, 0.15) is 0 Å². The maximum atomic E-state index is 13.5. The third-order valence-electron chi connectivity index (χ3n) is 2.07. The Kier molecular flexibility index (Phi) is 3.33. The fourth-order valence-electron chi connectivity index (χ4n) is 1.35. The van der Waals surface area contributed by atoms with Crippen molar-refractivity contribution in [2.24, 2.45) is 0 Å². The van der Waals surface area contributed by atoms with Crippen molar-refractivity contribution in [3.8, 4) is 11.1 Å². The van der Waals surface area contributed by atoms with Gasteiger partial charge in [0, 0.05) is 17.3 Å². The van der Waals surface area contributed by atoms with Gasteiger partial charge in [0.1, 0.15) is 0 Å². The van der Waals surface area contributed by atoms with Crippen LogP contribution in [-0.4, -0.2) is 4.98 Å². The minimum atomic E-state index is -0.631. The Morgan fingerprint density at radius 2 is 1.69 bits per heavy atom. The first-order valence-electron chi connectivity index (χ1n) is 4.35. The molecule has 0 aliphatic rings. The molecule has 1 aromatic carbocycles. The number of hydrogen-bond acceptors (Lipinski definition) is 1. The Hall–Kier alpha value is -0.830. The van der Waals surface area contributed by atoms with Gasteiger partial charge in [-0.15, -0.1) is 0 Å². The molecule has 1 nitrogen and oxygen atoms in total. The molecule has 0 spiro atoms. The summed E-state index contributed by atoms with van der Waals surface area (Å²) < 4.78 is 13.5.